The largest absolute Gasteiger partial charge is 0.486 e. The molecule has 118 valence electrons. The van der Waals surface area contributed by atoms with Crippen LogP contribution in [0.1, 0.15) is 24.5 Å². The summed E-state index contributed by atoms with van der Waals surface area (Å²) in [5, 5.41) is 0. The summed E-state index contributed by atoms with van der Waals surface area (Å²) in [6.07, 6.45) is 9.55. The molecule has 0 saturated carbocycles. The van der Waals surface area contributed by atoms with Gasteiger partial charge in [-0.05, 0) is 47.7 Å². The molecule has 0 spiro atoms. The van der Waals surface area contributed by atoms with Gasteiger partial charge in [-0.1, -0.05) is 55.5 Å². The highest BCUT2D eigenvalue weighted by Gasteiger charge is 2.13. The van der Waals surface area contributed by atoms with Crippen LogP contribution in [0.2, 0.25) is 0 Å². The van der Waals surface area contributed by atoms with E-state index in [1.165, 1.54) is 16.7 Å². The zero-order valence-corrected chi connectivity index (χ0v) is 13.7. The Bertz CT molecular complexity index is 742. The van der Waals surface area contributed by atoms with Crippen LogP contribution in [0.5, 0.6) is 11.5 Å². The molecule has 23 heavy (non-hydrogen) atoms. The Morgan fingerprint density at radius 2 is 1.83 bits per heavy atom. The molecule has 0 saturated heterocycles. The summed E-state index contributed by atoms with van der Waals surface area (Å²) in [5.41, 5.74) is 4.89. The Hall–Kier alpha value is -2.48. The number of hydrogen-bond acceptors (Lipinski definition) is 2. The van der Waals surface area contributed by atoms with Crippen LogP contribution in [0.25, 0.3) is 17.2 Å². The van der Waals surface area contributed by atoms with Gasteiger partial charge in [-0.15, -0.1) is 0 Å². The molecule has 2 heteroatoms. The van der Waals surface area contributed by atoms with E-state index in [1.54, 1.807) is 0 Å². The minimum atomic E-state index is 0.613. The van der Waals surface area contributed by atoms with Crippen LogP contribution in [0.15, 0.2) is 54.6 Å². The van der Waals surface area contributed by atoms with Crippen LogP contribution in [0, 0.1) is 6.92 Å². The number of rotatable bonds is 4. The molecule has 0 fully saturated rings. The number of fused-ring (bicyclic) bond motifs is 1. The van der Waals surface area contributed by atoms with E-state index in [0.717, 1.165) is 23.5 Å². The Balaban J connectivity index is 1.94. The van der Waals surface area contributed by atoms with Gasteiger partial charge in [-0.3, -0.25) is 0 Å². The summed E-state index contributed by atoms with van der Waals surface area (Å²) in [6, 6.07) is 12.6. The molecular formula is C21H22O2. The van der Waals surface area contributed by atoms with Crippen molar-refractivity contribution in [1.29, 1.82) is 0 Å². The van der Waals surface area contributed by atoms with E-state index in [-0.39, 0.29) is 0 Å². The van der Waals surface area contributed by atoms with E-state index in [0.29, 0.717) is 13.2 Å². The van der Waals surface area contributed by atoms with Gasteiger partial charge < -0.3 is 9.47 Å². The fourth-order valence-corrected chi connectivity index (χ4v) is 2.73. The molecule has 0 aliphatic carbocycles. The van der Waals surface area contributed by atoms with Gasteiger partial charge in [-0.25, -0.2) is 0 Å². The number of ether oxygens (including phenoxy) is 2. The van der Waals surface area contributed by atoms with E-state index >= 15 is 0 Å². The first kappa shape index (κ1) is 15.4. The lowest BCUT2D eigenvalue weighted by molar-refractivity contribution is 0.171. The minimum Gasteiger partial charge on any atom is -0.486 e. The second-order valence-electron chi connectivity index (χ2n) is 5.57. The summed E-state index contributed by atoms with van der Waals surface area (Å²) in [6.45, 7) is 5.53. The molecule has 0 unspecified atom stereocenters. The van der Waals surface area contributed by atoms with Crippen LogP contribution in [-0.4, -0.2) is 13.2 Å². The van der Waals surface area contributed by atoms with Gasteiger partial charge in [-0.2, -0.15) is 0 Å². The van der Waals surface area contributed by atoms with Crippen LogP contribution in [-0.2, 0) is 0 Å². The van der Waals surface area contributed by atoms with Crippen molar-refractivity contribution in [3.63, 3.8) is 0 Å². The highest BCUT2D eigenvalue weighted by molar-refractivity contribution is 5.74. The summed E-state index contributed by atoms with van der Waals surface area (Å²) < 4.78 is 11.3. The highest BCUT2D eigenvalue weighted by atomic mass is 16.6. The normalized spacial score (nSPS) is 13.8. The smallest absolute Gasteiger partial charge is 0.161 e. The van der Waals surface area contributed by atoms with E-state index < -0.39 is 0 Å². The molecular weight excluding hydrogens is 284 g/mol. The summed E-state index contributed by atoms with van der Waals surface area (Å²) in [7, 11) is 0. The zero-order chi connectivity index (χ0) is 16.1. The fourth-order valence-electron chi connectivity index (χ4n) is 2.73. The first-order valence-corrected chi connectivity index (χ1v) is 8.12. The molecule has 0 amide bonds. The van der Waals surface area contributed by atoms with Crippen molar-refractivity contribution < 1.29 is 9.47 Å². The molecule has 0 radical (unpaired) electrons. The van der Waals surface area contributed by atoms with Gasteiger partial charge in [0.1, 0.15) is 13.2 Å². The van der Waals surface area contributed by atoms with E-state index in [4.69, 9.17) is 9.47 Å². The average molecular weight is 306 g/mol. The molecule has 0 bridgehead atoms. The van der Waals surface area contributed by atoms with E-state index in [9.17, 15) is 0 Å². The molecule has 2 aromatic carbocycles. The van der Waals surface area contributed by atoms with Gasteiger partial charge in [0.05, 0.1) is 0 Å². The van der Waals surface area contributed by atoms with E-state index in [1.807, 2.05) is 6.07 Å². The summed E-state index contributed by atoms with van der Waals surface area (Å²) >= 11 is 0. The van der Waals surface area contributed by atoms with Crippen molar-refractivity contribution in [2.75, 3.05) is 13.2 Å². The lowest BCUT2D eigenvalue weighted by Crippen LogP contribution is -2.15. The van der Waals surface area contributed by atoms with Gasteiger partial charge in [0.25, 0.3) is 0 Å². The third-order valence-electron chi connectivity index (χ3n) is 3.99. The second-order valence-corrected chi connectivity index (χ2v) is 5.57. The van der Waals surface area contributed by atoms with Crippen molar-refractivity contribution in [2.24, 2.45) is 0 Å². The standard InChI is InChI=1S/C21H22O2/c1-3-4-5-6-8-17-9-7-10-19(16(17)2)18-11-12-20-21(15-18)23-14-13-22-20/h4-12,15H,3,13-14H2,1-2H3/b5-4+,8-6+. The van der Waals surface area contributed by atoms with Gasteiger partial charge in [0, 0.05) is 0 Å². The molecule has 2 aromatic rings. The molecule has 2 nitrogen and oxygen atoms in total. The maximum Gasteiger partial charge on any atom is 0.161 e. The highest BCUT2D eigenvalue weighted by Crippen LogP contribution is 2.36. The third kappa shape index (κ3) is 3.48. The van der Waals surface area contributed by atoms with Crippen LogP contribution < -0.4 is 9.47 Å². The molecule has 3 rings (SSSR count). The first-order valence-electron chi connectivity index (χ1n) is 8.12. The molecule has 0 aromatic heterocycles. The average Bonchev–Trinajstić information content (AvgIpc) is 2.59. The minimum absolute atomic E-state index is 0.613. The summed E-state index contributed by atoms with van der Waals surface area (Å²) in [5.74, 6) is 1.67. The molecule has 1 heterocycles. The molecule has 1 aliphatic rings. The molecule has 0 N–H and O–H groups in total. The predicted octanol–water partition coefficient (Wildman–Crippen LogP) is 5.41. The van der Waals surface area contributed by atoms with Gasteiger partial charge in [0.2, 0.25) is 0 Å². The van der Waals surface area contributed by atoms with Crippen molar-refractivity contribution in [3.8, 4) is 22.6 Å². The SMILES string of the molecule is CC/C=C/C=C/c1cccc(-c2ccc3c(c2)OCCO3)c1C. The van der Waals surface area contributed by atoms with Gasteiger partial charge >= 0.3 is 0 Å². The number of allylic oxidation sites excluding steroid dienone is 3. The van der Waals surface area contributed by atoms with Crippen molar-refractivity contribution in [1.82, 2.24) is 0 Å². The Morgan fingerprint density at radius 1 is 1.00 bits per heavy atom. The third-order valence-corrected chi connectivity index (χ3v) is 3.99. The van der Waals surface area contributed by atoms with Crippen molar-refractivity contribution in [3.05, 3.63) is 65.8 Å². The quantitative estimate of drug-likeness (QED) is 0.703. The maximum atomic E-state index is 5.70. The number of hydrogen-bond donors (Lipinski definition) is 0. The Morgan fingerprint density at radius 3 is 2.65 bits per heavy atom. The first-order chi connectivity index (χ1) is 11.3. The Labute approximate surface area is 138 Å². The van der Waals surface area contributed by atoms with Gasteiger partial charge in [0.15, 0.2) is 11.5 Å². The molecule has 1 aliphatic heterocycles. The lowest BCUT2D eigenvalue weighted by Gasteiger charge is -2.19. The monoisotopic (exact) mass is 306 g/mol. The Kier molecular flexibility index (Phi) is 4.82. The second kappa shape index (κ2) is 7.19. The molecule has 0 atom stereocenters. The fraction of sp³-hybridized carbons (Fsp3) is 0.238. The zero-order valence-electron chi connectivity index (χ0n) is 13.7. The predicted molar refractivity (Wildman–Crippen MR) is 96.1 cm³/mol. The summed E-state index contributed by atoms with van der Waals surface area (Å²) in [4.78, 5) is 0. The maximum absolute atomic E-state index is 5.70. The van der Waals surface area contributed by atoms with Crippen LogP contribution in [0.4, 0.5) is 0 Å². The lowest BCUT2D eigenvalue weighted by atomic mass is 9.96. The van der Waals surface area contributed by atoms with E-state index in [2.05, 4.69) is 68.5 Å². The topological polar surface area (TPSA) is 18.5 Å². The van der Waals surface area contributed by atoms with Crippen LogP contribution >= 0.6 is 0 Å². The van der Waals surface area contributed by atoms with Crippen molar-refractivity contribution >= 4 is 6.08 Å². The number of benzene rings is 2. The van der Waals surface area contributed by atoms with Crippen LogP contribution in [0.3, 0.4) is 0 Å². The van der Waals surface area contributed by atoms with Crippen molar-refractivity contribution in [2.45, 2.75) is 20.3 Å².